The molecular formula is C44H33N3. The Kier molecular flexibility index (Phi) is 6.64. The van der Waals surface area contributed by atoms with Crippen LogP contribution in [0.15, 0.2) is 152 Å². The summed E-state index contributed by atoms with van der Waals surface area (Å²) >= 11 is 0. The van der Waals surface area contributed by atoms with Gasteiger partial charge in [0, 0.05) is 22.1 Å². The van der Waals surface area contributed by atoms with Crippen LogP contribution in [-0.2, 0) is 5.41 Å². The third-order valence-electron chi connectivity index (χ3n) is 10.1. The fourth-order valence-electron chi connectivity index (χ4n) is 7.81. The van der Waals surface area contributed by atoms with Crippen molar-refractivity contribution in [2.45, 2.75) is 31.1 Å². The molecule has 0 atom stereocenters. The van der Waals surface area contributed by atoms with Gasteiger partial charge in [0.05, 0.1) is 0 Å². The number of fused-ring (bicyclic) bond motifs is 5. The maximum absolute atomic E-state index is 5.09. The first kappa shape index (κ1) is 27.6. The Morgan fingerprint density at radius 3 is 1.43 bits per heavy atom. The van der Waals surface area contributed by atoms with Gasteiger partial charge in [0.25, 0.3) is 0 Å². The Morgan fingerprint density at radius 1 is 0.340 bits per heavy atom. The van der Waals surface area contributed by atoms with Gasteiger partial charge in [-0.15, -0.1) is 0 Å². The molecule has 0 saturated heterocycles. The lowest BCUT2D eigenvalue weighted by Gasteiger charge is -2.27. The second kappa shape index (κ2) is 11.3. The minimum absolute atomic E-state index is 0.116. The molecule has 1 aromatic heterocycles. The van der Waals surface area contributed by atoms with Crippen molar-refractivity contribution >= 4 is 0 Å². The lowest BCUT2D eigenvalue weighted by Crippen LogP contribution is -2.20. The van der Waals surface area contributed by atoms with Crippen LogP contribution in [0.3, 0.4) is 0 Å². The molecular weight excluding hydrogens is 571 g/mol. The Bertz CT molecular complexity index is 2180. The van der Waals surface area contributed by atoms with E-state index >= 15 is 0 Å². The van der Waals surface area contributed by atoms with Crippen LogP contribution in [0.25, 0.3) is 67.5 Å². The average molecular weight is 604 g/mol. The quantitative estimate of drug-likeness (QED) is 0.196. The van der Waals surface area contributed by atoms with E-state index in [9.17, 15) is 0 Å². The molecule has 3 heteroatoms. The van der Waals surface area contributed by atoms with E-state index in [0.717, 1.165) is 33.4 Å². The fraction of sp³-hybridized carbons (Fsp3) is 0.114. The second-order valence-corrected chi connectivity index (χ2v) is 12.8. The van der Waals surface area contributed by atoms with Crippen LogP contribution in [0.2, 0.25) is 0 Å². The van der Waals surface area contributed by atoms with Gasteiger partial charge in [-0.25, -0.2) is 15.0 Å². The van der Waals surface area contributed by atoms with Crippen LogP contribution in [0.5, 0.6) is 0 Å². The molecule has 0 aliphatic heterocycles. The molecule has 0 N–H and O–H groups in total. The largest absolute Gasteiger partial charge is 0.208 e. The van der Waals surface area contributed by atoms with Crippen LogP contribution in [0.4, 0.5) is 0 Å². The topological polar surface area (TPSA) is 38.7 Å². The molecule has 9 rings (SSSR count). The van der Waals surface area contributed by atoms with Crippen molar-refractivity contribution in [1.82, 2.24) is 15.0 Å². The summed E-state index contributed by atoms with van der Waals surface area (Å²) in [6, 6.07) is 54.0. The molecule has 2 aliphatic rings. The highest BCUT2D eigenvalue weighted by Crippen LogP contribution is 2.57. The van der Waals surface area contributed by atoms with Crippen molar-refractivity contribution in [3.05, 3.63) is 163 Å². The Labute approximate surface area is 275 Å². The zero-order valence-electron chi connectivity index (χ0n) is 26.1. The molecule has 47 heavy (non-hydrogen) atoms. The van der Waals surface area contributed by atoms with Gasteiger partial charge >= 0.3 is 0 Å². The van der Waals surface area contributed by atoms with Crippen LogP contribution >= 0.6 is 0 Å². The first-order chi connectivity index (χ1) is 23.2. The van der Waals surface area contributed by atoms with Crippen molar-refractivity contribution in [3.63, 3.8) is 0 Å². The first-order valence-corrected chi connectivity index (χ1v) is 16.6. The lowest BCUT2D eigenvalue weighted by atomic mass is 9.76. The Balaban J connectivity index is 1.24. The average Bonchev–Trinajstić information content (AvgIpc) is 3.76. The van der Waals surface area contributed by atoms with E-state index in [4.69, 9.17) is 15.0 Å². The first-order valence-electron chi connectivity index (χ1n) is 16.6. The summed E-state index contributed by atoms with van der Waals surface area (Å²) in [5.74, 6) is 2.00. The normalized spacial score (nSPS) is 14.2. The molecule has 0 amide bonds. The molecule has 1 spiro atoms. The van der Waals surface area contributed by atoms with Gasteiger partial charge in [-0.2, -0.15) is 0 Å². The molecule has 0 radical (unpaired) electrons. The van der Waals surface area contributed by atoms with Gasteiger partial charge in [-0.05, 0) is 81.6 Å². The standard InChI is InChI=1S/C44H33N3/c1-4-14-30(15-5-1)34-26-35(33-22-23-38-37-20-10-11-21-39(37)44(40(38)29-33)24-12-13-25-44)28-36(27-34)43-46-41(31-16-6-2-7-17-31)45-42(47-43)32-18-8-3-9-19-32/h1-11,14-23,26-29H,12-13,24-25H2. The smallest absolute Gasteiger partial charge is 0.164 e. The predicted molar refractivity (Wildman–Crippen MR) is 192 cm³/mol. The van der Waals surface area contributed by atoms with Crippen LogP contribution in [0.1, 0.15) is 36.8 Å². The zero-order valence-corrected chi connectivity index (χ0v) is 26.1. The highest BCUT2D eigenvalue weighted by Gasteiger charge is 2.44. The zero-order chi connectivity index (χ0) is 31.2. The summed E-state index contributed by atoms with van der Waals surface area (Å²) in [7, 11) is 0. The summed E-state index contributed by atoms with van der Waals surface area (Å²) in [6.45, 7) is 0. The predicted octanol–water partition coefficient (Wildman–Crippen LogP) is 11.0. The fourth-order valence-corrected chi connectivity index (χ4v) is 7.81. The molecule has 1 saturated carbocycles. The van der Waals surface area contributed by atoms with E-state index in [-0.39, 0.29) is 5.41 Å². The molecule has 1 fully saturated rings. The van der Waals surface area contributed by atoms with Crippen LogP contribution in [-0.4, -0.2) is 15.0 Å². The van der Waals surface area contributed by atoms with Crippen LogP contribution < -0.4 is 0 Å². The van der Waals surface area contributed by atoms with Gasteiger partial charge in [-0.3, -0.25) is 0 Å². The van der Waals surface area contributed by atoms with Gasteiger partial charge in [0.15, 0.2) is 17.5 Å². The maximum atomic E-state index is 5.09. The third-order valence-corrected chi connectivity index (χ3v) is 10.1. The molecule has 2 aliphatic carbocycles. The molecule has 0 bridgehead atoms. The van der Waals surface area contributed by atoms with E-state index in [0.29, 0.717) is 17.5 Å². The summed E-state index contributed by atoms with van der Waals surface area (Å²) < 4.78 is 0. The Morgan fingerprint density at radius 2 is 0.809 bits per heavy atom. The van der Waals surface area contributed by atoms with Gasteiger partial charge < -0.3 is 0 Å². The summed E-state index contributed by atoms with van der Waals surface area (Å²) in [6.07, 6.45) is 4.98. The number of nitrogens with zero attached hydrogens (tertiary/aromatic N) is 3. The van der Waals surface area contributed by atoms with Gasteiger partial charge in [-0.1, -0.05) is 140 Å². The minimum atomic E-state index is 0.116. The number of rotatable bonds is 5. The van der Waals surface area contributed by atoms with Crippen molar-refractivity contribution in [3.8, 4) is 67.5 Å². The van der Waals surface area contributed by atoms with Crippen LogP contribution in [0, 0.1) is 0 Å². The van der Waals surface area contributed by atoms with Gasteiger partial charge in [0.1, 0.15) is 0 Å². The number of hydrogen-bond donors (Lipinski definition) is 0. The molecule has 7 aromatic rings. The number of benzene rings is 6. The molecule has 3 nitrogen and oxygen atoms in total. The summed E-state index contributed by atoms with van der Waals surface area (Å²) in [5.41, 5.74) is 13.5. The van der Waals surface area contributed by atoms with E-state index in [1.165, 1.54) is 53.5 Å². The van der Waals surface area contributed by atoms with Crippen molar-refractivity contribution < 1.29 is 0 Å². The van der Waals surface area contributed by atoms with Crippen molar-refractivity contribution in [2.24, 2.45) is 0 Å². The monoisotopic (exact) mass is 603 g/mol. The molecule has 0 unspecified atom stereocenters. The van der Waals surface area contributed by atoms with E-state index in [1.54, 1.807) is 0 Å². The minimum Gasteiger partial charge on any atom is -0.208 e. The maximum Gasteiger partial charge on any atom is 0.164 e. The van der Waals surface area contributed by atoms with E-state index < -0.39 is 0 Å². The molecule has 224 valence electrons. The van der Waals surface area contributed by atoms with E-state index in [1.807, 2.05) is 36.4 Å². The highest BCUT2D eigenvalue weighted by molar-refractivity contribution is 5.86. The second-order valence-electron chi connectivity index (χ2n) is 12.8. The summed E-state index contributed by atoms with van der Waals surface area (Å²) in [4.78, 5) is 15.1. The summed E-state index contributed by atoms with van der Waals surface area (Å²) in [5, 5.41) is 0. The third kappa shape index (κ3) is 4.78. The van der Waals surface area contributed by atoms with Crippen molar-refractivity contribution in [2.75, 3.05) is 0 Å². The lowest BCUT2D eigenvalue weighted by molar-refractivity contribution is 0.550. The van der Waals surface area contributed by atoms with Crippen molar-refractivity contribution in [1.29, 1.82) is 0 Å². The highest BCUT2D eigenvalue weighted by atomic mass is 15.0. The number of hydrogen-bond acceptors (Lipinski definition) is 3. The molecule has 6 aromatic carbocycles. The molecule has 1 heterocycles. The SMILES string of the molecule is c1ccc(-c2cc(-c3ccc4c(c3)C3(CCCC3)c3ccccc3-4)cc(-c3nc(-c4ccccc4)nc(-c4ccccc4)n3)c2)cc1. The van der Waals surface area contributed by atoms with E-state index in [2.05, 4.69) is 115 Å². The van der Waals surface area contributed by atoms with Gasteiger partial charge in [0.2, 0.25) is 0 Å². The Hall–Kier alpha value is -5.67. The number of aromatic nitrogens is 3.